The van der Waals surface area contributed by atoms with Crippen molar-refractivity contribution < 1.29 is 36.2 Å². The molecule has 1 aliphatic rings. The van der Waals surface area contributed by atoms with E-state index < -0.39 is 45.7 Å². The van der Waals surface area contributed by atoms with Crippen LogP contribution in [0.1, 0.15) is 19.3 Å². The van der Waals surface area contributed by atoms with Crippen LogP contribution in [0.3, 0.4) is 0 Å². The van der Waals surface area contributed by atoms with Crippen molar-refractivity contribution in [2.75, 3.05) is 18.3 Å². The summed E-state index contributed by atoms with van der Waals surface area (Å²) in [4.78, 5) is 10.5. The van der Waals surface area contributed by atoms with Crippen LogP contribution in [-0.2, 0) is 19.4 Å². The number of carboxylic acids is 1. The first-order valence-electron chi connectivity index (χ1n) is 5.10. The van der Waals surface area contributed by atoms with Gasteiger partial charge in [-0.05, 0) is 18.3 Å². The highest BCUT2D eigenvalue weighted by Gasteiger charge is 2.47. The predicted octanol–water partition coefficient (Wildman–Crippen LogP) is 1.19. The number of hydrogen-bond acceptors (Lipinski definition) is 4. The van der Waals surface area contributed by atoms with Crippen LogP contribution in [-0.4, -0.2) is 44.0 Å². The monoisotopic (exact) mass is 290 g/mol. The molecule has 0 aromatic heterocycles. The Balaban J connectivity index is 2.43. The summed E-state index contributed by atoms with van der Waals surface area (Å²) in [6.45, 7) is -1.63. The van der Waals surface area contributed by atoms with Crippen molar-refractivity contribution in [1.82, 2.24) is 0 Å². The number of halogens is 3. The molecule has 1 rings (SSSR count). The zero-order valence-electron chi connectivity index (χ0n) is 9.36. The van der Waals surface area contributed by atoms with Gasteiger partial charge in [0, 0.05) is 0 Å². The Morgan fingerprint density at radius 1 is 1.33 bits per heavy atom. The Morgan fingerprint density at radius 3 is 2.28 bits per heavy atom. The summed E-state index contributed by atoms with van der Waals surface area (Å²) >= 11 is 0. The zero-order chi connectivity index (χ0) is 14.0. The highest BCUT2D eigenvalue weighted by molar-refractivity contribution is 7.91. The fraction of sp³-hybridized carbons (Fsp3) is 0.889. The summed E-state index contributed by atoms with van der Waals surface area (Å²) in [7, 11) is -3.83. The summed E-state index contributed by atoms with van der Waals surface area (Å²) in [5.41, 5.74) is -0.813. The van der Waals surface area contributed by atoms with Gasteiger partial charge in [0.1, 0.15) is 12.5 Å². The van der Waals surface area contributed by atoms with Crippen LogP contribution in [0.5, 0.6) is 0 Å². The molecule has 1 N–H and O–H groups in total. The SMILES string of the molecule is O=C(O)CC1(CS(=O)(=O)COCC(F)(F)F)CC1. The Hall–Kier alpha value is -0.830. The molecule has 0 saturated heterocycles. The maximum absolute atomic E-state index is 11.8. The van der Waals surface area contributed by atoms with Crippen molar-refractivity contribution >= 4 is 15.8 Å². The zero-order valence-corrected chi connectivity index (χ0v) is 10.2. The second-order valence-corrected chi connectivity index (χ2v) is 6.55. The van der Waals surface area contributed by atoms with Gasteiger partial charge in [0.05, 0.1) is 12.2 Å². The van der Waals surface area contributed by atoms with E-state index in [4.69, 9.17) is 5.11 Å². The van der Waals surface area contributed by atoms with Crippen molar-refractivity contribution in [1.29, 1.82) is 0 Å². The number of alkyl halides is 3. The van der Waals surface area contributed by atoms with E-state index in [-0.39, 0.29) is 6.42 Å². The molecule has 5 nitrogen and oxygen atoms in total. The van der Waals surface area contributed by atoms with Crippen LogP contribution in [0.25, 0.3) is 0 Å². The molecule has 106 valence electrons. The topological polar surface area (TPSA) is 80.7 Å². The Bertz CT molecular complexity index is 410. The van der Waals surface area contributed by atoms with Crippen molar-refractivity contribution in [2.45, 2.75) is 25.4 Å². The molecule has 1 aliphatic carbocycles. The molecule has 18 heavy (non-hydrogen) atoms. The fourth-order valence-electron chi connectivity index (χ4n) is 1.66. The average molecular weight is 290 g/mol. The third kappa shape index (κ3) is 5.67. The van der Waals surface area contributed by atoms with Crippen molar-refractivity contribution in [3.05, 3.63) is 0 Å². The van der Waals surface area contributed by atoms with Crippen molar-refractivity contribution in [3.8, 4) is 0 Å². The number of carboxylic acid groups (broad SMARTS) is 1. The Morgan fingerprint density at radius 2 is 1.89 bits per heavy atom. The first kappa shape index (κ1) is 15.2. The largest absolute Gasteiger partial charge is 0.481 e. The second kappa shape index (κ2) is 5.04. The highest BCUT2D eigenvalue weighted by Crippen LogP contribution is 2.49. The number of hydrogen-bond donors (Lipinski definition) is 1. The minimum Gasteiger partial charge on any atom is -0.481 e. The summed E-state index contributed by atoms with van der Waals surface area (Å²) in [6.07, 6.45) is -3.95. The van der Waals surface area contributed by atoms with Gasteiger partial charge in [0.15, 0.2) is 9.84 Å². The van der Waals surface area contributed by atoms with Gasteiger partial charge >= 0.3 is 12.1 Å². The summed E-state index contributed by atoms with van der Waals surface area (Å²) in [5, 5.41) is 8.59. The average Bonchev–Trinajstić information content (AvgIpc) is 2.78. The predicted molar refractivity (Wildman–Crippen MR) is 54.6 cm³/mol. The molecule has 0 atom stereocenters. The van der Waals surface area contributed by atoms with Crippen LogP contribution in [0.4, 0.5) is 13.2 Å². The van der Waals surface area contributed by atoms with Gasteiger partial charge in [-0.15, -0.1) is 0 Å². The minimum atomic E-state index is -4.58. The molecule has 9 heteroatoms. The minimum absolute atomic E-state index is 0.286. The summed E-state index contributed by atoms with van der Waals surface area (Å²) < 4.78 is 62.3. The number of carbonyl (C=O) groups is 1. The number of rotatable bonds is 7. The molecule has 0 bridgehead atoms. The van der Waals surface area contributed by atoms with Gasteiger partial charge in [-0.3, -0.25) is 4.79 Å². The number of sulfone groups is 1. The molecular weight excluding hydrogens is 277 g/mol. The lowest BCUT2D eigenvalue weighted by atomic mass is 10.1. The van der Waals surface area contributed by atoms with E-state index in [2.05, 4.69) is 4.74 Å². The van der Waals surface area contributed by atoms with Gasteiger partial charge in [0.2, 0.25) is 0 Å². The van der Waals surface area contributed by atoms with Crippen LogP contribution in [0.15, 0.2) is 0 Å². The molecule has 0 unspecified atom stereocenters. The lowest BCUT2D eigenvalue weighted by Gasteiger charge is -2.13. The molecule has 0 aliphatic heterocycles. The van der Waals surface area contributed by atoms with E-state index in [1.807, 2.05) is 0 Å². The molecule has 0 radical (unpaired) electrons. The fourth-order valence-corrected chi connectivity index (χ4v) is 3.41. The number of ether oxygens (including phenoxy) is 1. The molecule has 0 heterocycles. The highest BCUT2D eigenvalue weighted by atomic mass is 32.2. The van der Waals surface area contributed by atoms with Crippen LogP contribution >= 0.6 is 0 Å². The van der Waals surface area contributed by atoms with E-state index in [0.29, 0.717) is 12.8 Å². The number of aliphatic carboxylic acids is 1. The lowest BCUT2D eigenvalue weighted by molar-refractivity contribution is -0.169. The maximum atomic E-state index is 11.8. The molecule has 1 saturated carbocycles. The third-order valence-electron chi connectivity index (χ3n) is 2.54. The second-order valence-electron chi connectivity index (χ2n) is 4.54. The van der Waals surface area contributed by atoms with Gasteiger partial charge in [-0.1, -0.05) is 0 Å². The van der Waals surface area contributed by atoms with Crippen molar-refractivity contribution in [3.63, 3.8) is 0 Å². The first-order chi connectivity index (χ1) is 8.04. The lowest BCUT2D eigenvalue weighted by Crippen LogP contribution is -2.26. The molecule has 0 aromatic carbocycles. The van der Waals surface area contributed by atoms with E-state index in [1.54, 1.807) is 0 Å². The molecule has 1 fully saturated rings. The normalized spacial score (nSPS) is 18.6. The summed E-state index contributed by atoms with van der Waals surface area (Å²) in [6, 6.07) is 0. The maximum Gasteiger partial charge on any atom is 0.411 e. The van der Waals surface area contributed by atoms with Crippen LogP contribution in [0, 0.1) is 5.41 Å². The van der Waals surface area contributed by atoms with E-state index >= 15 is 0 Å². The van der Waals surface area contributed by atoms with Crippen LogP contribution < -0.4 is 0 Å². The van der Waals surface area contributed by atoms with Gasteiger partial charge in [-0.25, -0.2) is 8.42 Å². The van der Waals surface area contributed by atoms with E-state index in [9.17, 15) is 26.4 Å². The Labute approximate surface area is 102 Å². The van der Waals surface area contributed by atoms with Crippen molar-refractivity contribution in [2.24, 2.45) is 5.41 Å². The van der Waals surface area contributed by atoms with Gasteiger partial charge in [-0.2, -0.15) is 13.2 Å². The van der Waals surface area contributed by atoms with Crippen LogP contribution in [0.2, 0.25) is 0 Å². The molecular formula is C9H13F3O5S. The third-order valence-corrected chi connectivity index (χ3v) is 4.12. The standard InChI is InChI=1S/C9H13F3O5S/c10-9(11,12)4-17-6-18(15,16)5-8(1-2-8)3-7(13)14/h1-6H2,(H,13,14). The summed E-state index contributed by atoms with van der Waals surface area (Å²) in [5.74, 6) is -2.59. The quantitative estimate of drug-likeness (QED) is 0.762. The van der Waals surface area contributed by atoms with Gasteiger partial charge in [0.25, 0.3) is 0 Å². The molecule has 0 amide bonds. The van der Waals surface area contributed by atoms with Gasteiger partial charge < -0.3 is 9.84 Å². The molecule has 0 aromatic rings. The molecule has 0 spiro atoms. The first-order valence-corrected chi connectivity index (χ1v) is 6.93. The smallest absolute Gasteiger partial charge is 0.411 e. The van der Waals surface area contributed by atoms with E-state index in [1.165, 1.54) is 0 Å². The van der Waals surface area contributed by atoms with E-state index in [0.717, 1.165) is 0 Å². The Kier molecular flexibility index (Phi) is 4.26.